The molecule has 0 aliphatic carbocycles. The molecule has 11 nitrogen and oxygen atoms in total. The Bertz CT molecular complexity index is 1040. The molecule has 172 valence electrons. The average molecular weight is 451 g/mol. The molecule has 3 aromatic rings. The predicted octanol–water partition coefficient (Wildman–Crippen LogP) is 0.592. The van der Waals surface area contributed by atoms with Crippen molar-refractivity contribution < 1.29 is 14.7 Å². The summed E-state index contributed by atoms with van der Waals surface area (Å²) in [5.74, 6) is 0.879. The van der Waals surface area contributed by atoms with Gasteiger partial charge in [-0.3, -0.25) is 19.5 Å². The van der Waals surface area contributed by atoms with Crippen molar-refractivity contribution in [2.24, 2.45) is 0 Å². The smallest absolute Gasteiger partial charge is 0.290 e. The van der Waals surface area contributed by atoms with Gasteiger partial charge in [-0.05, 0) is 17.7 Å². The third kappa shape index (κ3) is 5.14. The number of carbonyl (C=O) groups is 2. The van der Waals surface area contributed by atoms with Crippen LogP contribution in [0.2, 0.25) is 0 Å². The molecule has 5 heterocycles. The molecular weight excluding hydrogens is 424 g/mol. The van der Waals surface area contributed by atoms with Crippen molar-refractivity contribution in [1.82, 2.24) is 34.7 Å². The number of fused-ring (bicyclic) bond motifs is 1. The van der Waals surface area contributed by atoms with E-state index in [-0.39, 0.29) is 18.4 Å². The van der Waals surface area contributed by atoms with Crippen LogP contribution in [-0.2, 0) is 16.0 Å². The summed E-state index contributed by atoms with van der Waals surface area (Å²) in [4.78, 5) is 48.7. The van der Waals surface area contributed by atoms with E-state index in [1.165, 1.54) is 0 Å². The highest BCUT2D eigenvalue weighted by Gasteiger charge is 2.35. The zero-order valence-corrected chi connectivity index (χ0v) is 18.1. The van der Waals surface area contributed by atoms with E-state index in [4.69, 9.17) is 9.90 Å². The number of nitrogens with one attached hydrogen (secondary N) is 1. The number of hydrogen-bond acceptors (Lipinski definition) is 8. The summed E-state index contributed by atoms with van der Waals surface area (Å²) in [5.41, 5.74) is 3.02. The van der Waals surface area contributed by atoms with Gasteiger partial charge in [0.1, 0.15) is 6.04 Å². The van der Waals surface area contributed by atoms with Crippen molar-refractivity contribution in [1.29, 1.82) is 0 Å². The molecule has 11 heteroatoms. The van der Waals surface area contributed by atoms with Crippen LogP contribution in [0.3, 0.4) is 0 Å². The van der Waals surface area contributed by atoms with Crippen molar-refractivity contribution in [2.45, 2.75) is 12.5 Å². The fraction of sp³-hybridized carbons (Fsp3) is 0.364. The first-order chi connectivity index (χ1) is 16.2. The number of nitrogens with zero attached hydrogens (tertiary/aromatic N) is 7. The monoisotopic (exact) mass is 450 g/mol. The Morgan fingerprint density at radius 1 is 1.09 bits per heavy atom. The fourth-order valence-electron chi connectivity index (χ4n) is 4.26. The van der Waals surface area contributed by atoms with Crippen LogP contribution in [0.5, 0.6) is 0 Å². The van der Waals surface area contributed by atoms with E-state index in [9.17, 15) is 4.79 Å². The van der Waals surface area contributed by atoms with Gasteiger partial charge in [0, 0.05) is 69.6 Å². The minimum atomic E-state index is -0.250. The average Bonchev–Trinajstić information content (AvgIpc) is 3.34. The maximum absolute atomic E-state index is 13.3. The minimum absolute atomic E-state index is 0.127. The van der Waals surface area contributed by atoms with Gasteiger partial charge in [0.15, 0.2) is 0 Å². The summed E-state index contributed by atoms with van der Waals surface area (Å²) < 4.78 is 0. The standard InChI is InChI=1S/C21H24N8O.CH2O2/c30-18(14-27-9-11-28(12-10-27)21-23-6-2-7-24-21)29-8-4-17-19(26-15-25-17)20(29)16-3-1-5-22-13-16;2-1-3/h1-3,5-7,13,15,20H,4,8-12,14H2,(H,25,26);1H,(H,2,3). The van der Waals surface area contributed by atoms with Crippen molar-refractivity contribution in [3.05, 3.63) is 66.3 Å². The molecule has 2 aliphatic heterocycles. The highest BCUT2D eigenvalue weighted by atomic mass is 16.3. The van der Waals surface area contributed by atoms with Crippen molar-refractivity contribution in [2.75, 3.05) is 44.2 Å². The molecule has 0 spiro atoms. The SMILES string of the molecule is O=C(CN1CCN(c2ncccn2)CC1)N1CCc2[nH]cnc2C1c1cccnc1.O=CO. The van der Waals surface area contributed by atoms with E-state index in [2.05, 4.69) is 34.7 Å². The van der Waals surface area contributed by atoms with Crippen molar-refractivity contribution >= 4 is 18.3 Å². The lowest BCUT2D eigenvalue weighted by Gasteiger charge is -2.38. The van der Waals surface area contributed by atoms with Gasteiger partial charge in [-0.1, -0.05) is 6.07 Å². The molecule has 1 amide bonds. The number of piperazine rings is 1. The highest BCUT2D eigenvalue weighted by Crippen LogP contribution is 2.33. The molecule has 3 aromatic heterocycles. The second-order valence-electron chi connectivity index (χ2n) is 7.71. The Labute approximate surface area is 191 Å². The molecule has 1 atom stereocenters. The number of pyridine rings is 1. The largest absolute Gasteiger partial charge is 0.483 e. The fourth-order valence-corrected chi connectivity index (χ4v) is 4.26. The lowest BCUT2D eigenvalue weighted by Crippen LogP contribution is -2.51. The number of carboxylic acid groups (broad SMARTS) is 1. The molecule has 1 fully saturated rings. The third-order valence-electron chi connectivity index (χ3n) is 5.81. The summed E-state index contributed by atoms with van der Waals surface area (Å²) in [6.45, 7) is 4.07. The quantitative estimate of drug-likeness (QED) is 0.548. The lowest BCUT2D eigenvalue weighted by molar-refractivity contribution is -0.134. The number of aromatic nitrogens is 5. The number of anilines is 1. The molecule has 2 N–H and O–H groups in total. The van der Waals surface area contributed by atoms with Crippen LogP contribution in [0.1, 0.15) is 23.0 Å². The van der Waals surface area contributed by atoms with E-state index in [1.807, 2.05) is 29.3 Å². The van der Waals surface area contributed by atoms with E-state index >= 15 is 0 Å². The Kier molecular flexibility index (Phi) is 7.20. The van der Waals surface area contributed by atoms with E-state index < -0.39 is 0 Å². The first-order valence-corrected chi connectivity index (χ1v) is 10.7. The molecule has 0 aromatic carbocycles. The molecule has 0 saturated carbocycles. The number of imidazole rings is 1. The first kappa shape index (κ1) is 22.3. The van der Waals surface area contributed by atoms with Crippen molar-refractivity contribution in [3.63, 3.8) is 0 Å². The number of amides is 1. The minimum Gasteiger partial charge on any atom is -0.483 e. The number of hydrogen-bond donors (Lipinski definition) is 2. The molecule has 5 rings (SSSR count). The lowest BCUT2D eigenvalue weighted by atomic mass is 9.96. The van der Waals surface area contributed by atoms with Crippen LogP contribution in [0, 0.1) is 0 Å². The summed E-state index contributed by atoms with van der Waals surface area (Å²) in [5, 5.41) is 6.89. The second kappa shape index (κ2) is 10.6. The molecule has 1 unspecified atom stereocenters. The van der Waals surface area contributed by atoms with E-state index in [0.717, 1.165) is 55.5 Å². The van der Waals surface area contributed by atoms with Gasteiger partial charge in [0.2, 0.25) is 11.9 Å². The first-order valence-electron chi connectivity index (χ1n) is 10.7. The summed E-state index contributed by atoms with van der Waals surface area (Å²) >= 11 is 0. The predicted molar refractivity (Wildman–Crippen MR) is 119 cm³/mol. The van der Waals surface area contributed by atoms with E-state index in [0.29, 0.717) is 13.1 Å². The molecule has 1 saturated heterocycles. The van der Waals surface area contributed by atoms with Gasteiger partial charge < -0.3 is 19.9 Å². The van der Waals surface area contributed by atoms with Crippen LogP contribution in [0.15, 0.2) is 49.3 Å². The Morgan fingerprint density at radius 3 is 2.55 bits per heavy atom. The van der Waals surface area contributed by atoms with Crippen LogP contribution in [0.4, 0.5) is 5.95 Å². The van der Waals surface area contributed by atoms with Gasteiger partial charge in [-0.2, -0.15) is 0 Å². The van der Waals surface area contributed by atoms with Gasteiger partial charge in [0.05, 0.1) is 18.6 Å². The van der Waals surface area contributed by atoms with Gasteiger partial charge >= 0.3 is 0 Å². The number of H-pyrrole nitrogens is 1. The summed E-state index contributed by atoms with van der Waals surface area (Å²) in [7, 11) is 0. The summed E-state index contributed by atoms with van der Waals surface area (Å²) in [6.07, 6.45) is 9.60. The summed E-state index contributed by atoms with van der Waals surface area (Å²) in [6, 6.07) is 5.55. The number of carbonyl (C=O) groups excluding carboxylic acids is 1. The molecule has 0 radical (unpaired) electrons. The van der Waals surface area contributed by atoms with Crippen LogP contribution in [0.25, 0.3) is 0 Å². The van der Waals surface area contributed by atoms with Crippen molar-refractivity contribution in [3.8, 4) is 0 Å². The molecule has 33 heavy (non-hydrogen) atoms. The third-order valence-corrected chi connectivity index (χ3v) is 5.81. The van der Waals surface area contributed by atoms with Crippen LogP contribution < -0.4 is 4.90 Å². The molecule has 0 bridgehead atoms. The van der Waals surface area contributed by atoms with Gasteiger partial charge in [0.25, 0.3) is 6.47 Å². The second-order valence-corrected chi connectivity index (χ2v) is 7.71. The Balaban J connectivity index is 0.000000821. The highest BCUT2D eigenvalue weighted by molar-refractivity contribution is 5.79. The number of aromatic amines is 1. The van der Waals surface area contributed by atoms with Crippen LogP contribution >= 0.6 is 0 Å². The molecular formula is C22H26N8O3. The molecule has 2 aliphatic rings. The zero-order chi connectivity index (χ0) is 23.0. The Morgan fingerprint density at radius 2 is 1.85 bits per heavy atom. The van der Waals surface area contributed by atoms with E-state index in [1.54, 1.807) is 24.9 Å². The van der Waals surface area contributed by atoms with Gasteiger partial charge in [-0.25, -0.2) is 15.0 Å². The zero-order valence-electron chi connectivity index (χ0n) is 18.1. The maximum atomic E-state index is 13.3. The maximum Gasteiger partial charge on any atom is 0.290 e. The normalized spacial score (nSPS) is 18.1. The van der Waals surface area contributed by atoms with Gasteiger partial charge in [-0.15, -0.1) is 0 Å². The Hall–Kier alpha value is -3.86. The number of rotatable bonds is 4. The van der Waals surface area contributed by atoms with Crippen LogP contribution in [-0.4, -0.2) is 91.5 Å². The topological polar surface area (TPSA) is 131 Å².